The highest BCUT2D eigenvalue weighted by Crippen LogP contribution is 2.34. The van der Waals surface area contributed by atoms with Crippen LogP contribution >= 0.6 is 0 Å². The van der Waals surface area contributed by atoms with E-state index in [2.05, 4.69) is 76.1 Å². The van der Waals surface area contributed by atoms with E-state index in [4.69, 9.17) is 9.97 Å². The minimum Gasteiger partial charge on any atom is -0.338 e. The van der Waals surface area contributed by atoms with Crippen molar-refractivity contribution in [2.75, 3.05) is 30.3 Å². The fraction of sp³-hybridized carbons (Fsp3) is 0.231. The molecule has 9 nitrogen and oxygen atoms in total. The van der Waals surface area contributed by atoms with Crippen molar-refractivity contribution in [1.29, 1.82) is 0 Å². The van der Waals surface area contributed by atoms with Crippen molar-refractivity contribution in [3.63, 3.8) is 0 Å². The Morgan fingerprint density at radius 3 is 2.54 bits per heavy atom. The lowest BCUT2D eigenvalue weighted by Gasteiger charge is -2.20. The molecule has 0 spiro atoms. The number of benzene rings is 3. The molecular weight excluding hydrogens is 596 g/mol. The number of hydrogen-bond acceptors (Lipinski definition) is 6. The molecule has 2 amide bonds. The standard InChI is InChI=1S/C39H40N8O/c1-27(2)46-24-20-31(26-46)29-14-16-32(17-15-29)42-38-40-22-19-34(44-38)37-36(45-35-13-6-7-23-47(35)37)30-11-8-12-33(25-30)43-39(48)41-21-18-28-9-4-3-5-10-28/h3-17,19,22-23,25,27,31H,18,20-21,24,26H2,1-2H3,(H,40,42,44)(H2,41,43,48)/t31-/m1/s1. The van der Waals surface area contributed by atoms with Crippen LogP contribution in [-0.4, -0.2) is 56.0 Å². The van der Waals surface area contributed by atoms with Crippen molar-refractivity contribution in [3.05, 3.63) is 127 Å². The number of aromatic nitrogens is 4. The predicted molar refractivity (Wildman–Crippen MR) is 193 cm³/mol. The van der Waals surface area contributed by atoms with Gasteiger partial charge >= 0.3 is 6.03 Å². The van der Waals surface area contributed by atoms with Crippen LogP contribution in [0.2, 0.25) is 0 Å². The zero-order valence-electron chi connectivity index (χ0n) is 27.3. The summed E-state index contributed by atoms with van der Waals surface area (Å²) in [5, 5.41) is 9.32. The third kappa shape index (κ3) is 7.06. The molecule has 3 aromatic heterocycles. The van der Waals surface area contributed by atoms with Crippen molar-refractivity contribution >= 4 is 29.0 Å². The molecule has 1 atom stereocenters. The van der Waals surface area contributed by atoms with E-state index in [1.54, 1.807) is 6.20 Å². The monoisotopic (exact) mass is 636 g/mol. The molecule has 0 unspecified atom stereocenters. The average Bonchev–Trinajstić information content (AvgIpc) is 3.76. The highest BCUT2D eigenvalue weighted by atomic mass is 16.2. The first kappa shape index (κ1) is 31.1. The van der Waals surface area contributed by atoms with Crippen LogP contribution in [0.3, 0.4) is 0 Å². The second kappa shape index (κ2) is 14.1. The van der Waals surface area contributed by atoms with Gasteiger partial charge in [0, 0.05) is 48.5 Å². The van der Waals surface area contributed by atoms with Crippen LogP contribution < -0.4 is 16.0 Å². The predicted octanol–water partition coefficient (Wildman–Crippen LogP) is 7.76. The number of rotatable bonds is 10. The van der Waals surface area contributed by atoms with Crippen molar-refractivity contribution < 1.29 is 4.79 Å². The van der Waals surface area contributed by atoms with Gasteiger partial charge in [-0.1, -0.05) is 60.7 Å². The molecule has 1 aliphatic heterocycles. The van der Waals surface area contributed by atoms with Gasteiger partial charge < -0.3 is 20.9 Å². The van der Waals surface area contributed by atoms with Crippen LogP contribution in [0.4, 0.5) is 22.1 Å². The number of carbonyl (C=O) groups is 1. The summed E-state index contributed by atoms with van der Waals surface area (Å²) in [6, 6.07) is 34.6. The van der Waals surface area contributed by atoms with Crippen molar-refractivity contribution in [3.8, 4) is 22.6 Å². The molecule has 48 heavy (non-hydrogen) atoms. The Kier molecular flexibility index (Phi) is 9.11. The summed E-state index contributed by atoms with van der Waals surface area (Å²) in [7, 11) is 0. The lowest BCUT2D eigenvalue weighted by molar-refractivity contribution is 0.252. The topological polar surface area (TPSA) is 99.5 Å². The maximum absolute atomic E-state index is 12.7. The van der Waals surface area contributed by atoms with Gasteiger partial charge in [0.2, 0.25) is 5.95 Å². The van der Waals surface area contributed by atoms with Crippen molar-refractivity contribution in [2.45, 2.75) is 38.6 Å². The summed E-state index contributed by atoms with van der Waals surface area (Å²) >= 11 is 0. The summed E-state index contributed by atoms with van der Waals surface area (Å²) in [6.45, 7) is 7.34. The van der Waals surface area contributed by atoms with Gasteiger partial charge in [0.1, 0.15) is 5.65 Å². The summed E-state index contributed by atoms with van der Waals surface area (Å²) in [5.74, 6) is 1.07. The third-order valence-electron chi connectivity index (χ3n) is 8.95. The molecule has 0 radical (unpaired) electrons. The Morgan fingerprint density at radius 2 is 1.73 bits per heavy atom. The van der Waals surface area contributed by atoms with Crippen molar-refractivity contribution in [1.82, 2.24) is 29.6 Å². The second-order valence-electron chi connectivity index (χ2n) is 12.5. The highest BCUT2D eigenvalue weighted by Gasteiger charge is 2.25. The van der Waals surface area contributed by atoms with Crippen LogP contribution in [0.25, 0.3) is 28.3 Å². The van der Waals surface area contributed by atoms with Crippen LogP contribution in [0.5, 0.6) is 0 Å². The Bertz CT molecular complexity index is 2000. The lowest BCUT2D eigenvalue weighted by Crippen LogP contribution is -2.30. The summed E-state index contributed by atoms with van der Waals surface area (Å²) in [6.07, 6.45) is 5.71. The molecule has 1 saturated heterocycles. The number of imidazole rings is 1. The molecule has 6 aromatic rings. The summed E-state index contributed by atoms with van der Waals surface area (Å²) in [5.41, 5.74) is 8.16. The Morgan fingerprint density at radius 1 is 0.896 bits per heavy atom. The van der Waals surface area contributed by atoms with Gasteiger partial charge in [0.25, 0.3) is 0 Å². The zero-order valence-corrected chi connectivity index (χ0v) is 27.3. The molecule has 0 bridgehead atoms. The van der Waals surface area contributed by atoms with E-state index >= 15 is 0 Å². The molecule has 4 heterocycles. The molecule has 9 heteroatoms. The van der Waals surface area contributed by atoms with Crippen molar-refractivity contribution in [2.24, 2.45) is 0 Å². The highest BCUT2D eigenvalue weighted by molar-refractivity contribution is 5.91. The van der Waals surface area contributed by atoms with Gasteiger partial charge in [-0.2, -0.15) is 0 Å². The van der Waals surface area contributed by atoms with E-state index in [1.165, 1.54) is 17.5 Å². The zero-order chi connectivity index (χ0) is 32.9. The maximum Gasteiger partial charge on any atom is 0.319 e. The number of carbonyl (C=O) groups excluding carboxylic acids is 1. The number of hydrogen-bond donors (Lipinski definition) is 3. The number of likely N-dealkylation sites (tertiary alicyclic amines) is 1. The SMILES string of the molecule is CC(C)N1CC[C@@H](c2ccc(Nc3nccc(-c4c(-c5cccc(NC(=O)NCCc6ccccc6)c5)nc5ccccn45)n3)cc2)C1. The molecule has 0 aliphatic carbocycles. The number of anilines is 3. The fourth-order valence-corrected chi connectivity index (χ4v) is 6.37. The van der Waals surface area contributed by atoms with E-state index < -0.39 is 0 Å². The van der Waals surface area contributed by atoms with E-state index in [-0.39, 0.29) is 6.03 Å². The summed E-state index contributed by atoms with van der Waals surface area (Å²) in [4.78, 5) is 29.7. The molecule has 242 valence electrons. The minimum absolute atomic E-state index is 0.251. The molecule has 1 fully saturated rings. The molecule has 3 N–H and O–H groups in total. The smallest absolute Gasteiger partial charge is 0.319 e. The van der Waals surface area contributed by atoms with Crippen LogP contribution in [0.1, 0.15) is 37.3 Å². The number of nitrogens with one attached hydrogen (secondary N) is 3. The van der Waals surface area contributed by atoms with Crippen LogP contribution in [-0.2, 0) is 6.42 Å². The van der Waals surface area contributed by atoms with E-state index in [0.29, 0.717) is 30.1 Å². The fourth-order valence-electron chi connectivity index (χ4n) is 6.37. The van der Waals surface area contributed by atoms with Gasteiger partial charge in [-0.25, -0.2) is 19.7 Å². The summed E-state index contributed by atoms with van der Waals surface area (Å²) < 4.78 is 2.04. The third-order valence-corrected chi connectivity index (χ3v) is 8.95. The quantitative estimate of drug-likeness (QED) is 0.142. The lowest BCUT2D eigenvalue weighted by atomic mass is 9.98. The first-order chi connectivity index (χ1) is 23.5. The Labute approximate surface area is 281 Å². The molecule has 3 aromatic carbocycles. The van der Waals surface area contributed by atoms with Gasteiger partial charge in [0.15, 0.2) is 0 Å². The Hall–Kier alpha value is -5.54. The first-order valence-electron chi connectivity index (χ1n) is 16.6. The van der Waals surface area contributed by atoms with E-state index in [9.17, 15) is 4.79 Å². The van der Waals surface area contributed by atoms with E-state index in [0.717, 1.165) is 53.5 Å². The number of urea groups is 1. The second-order valence-corrected chi connectivity index (χ2v) is 12.5. The average molecular weight is 637 g/mol. The van der Waals surface area contributed by atoms with Crippen LogP contribution in [0.15, 0.2) is 116 Å². The molecular formula is C39H40N8O. The maximum atomic E-state index is 12.7. The first-order valence-corrected chi connectivity index (χ1v) is 16.6. The molecule has 7 rings (SSSR count). The number of nitrogens with zero attached hydrogens (tertiary/aromatic N) is 5. The number of fused-ring (bicyclic) bond motifs is 1. The normalized spacial score (nSPS) is 14.8. The van der Waals surface area contributed by atoms with E-state index in [1.807, 2.05) is 77.3 Å². The largest absolute Gasteiger partial charge is 0.338 e. The number of pyridine rings is 1. The Balaban J connectivity index is 1.09. The molecule has 1 aliphatic rings. The van der Waals surface area contributed by atoms with Gasteiger partial charge in [-0.05, 0) is 92.7 Å². The minimum atomic E-state index is -0.251. The van der Waals surface area contributed by atoms with Gasteiger partial charge in [0.05, 0.1) is 17.1 Å². The van der Waals surface area contributed by atoms with Gasteiger partial charge in [-0.3, -0.25) is 4.40 Å². The van der Waals surface area contributed by atoms with Crippen LogP contribution in [0, 0.1) is 0 Å². The van der Waals surface area contributed by atoms with Gasteiger partial charge in [-0.15, -0.1) is 0 Å². The molecule has 0 saturated carbocycles. The number of amides is 2.